The van der Waals surface area contributed by atoms with E-state index < -0.39 is 5.24 Å². The summed E-state index contributed by atoms with van der Waals surface area (Å²) in [5.74, 6) is 0. The maximum Gasteiger partial charge on any atom is 0.257 e. The van der Waals surface area contributed by atoms with Crippen molar-refractivity contribution in [3.05, 3.63) is 23.0 Å². The fourth-order valence-electron chi connectivity index (χ4n) is 2.77. The summed E-state index contributed by atoms with van der Waals surface area (Å²) < 4.78 is 0. The molecule has 1 spiro atoms. The molecular formula is C13H14Cl2N2O. The number of piperidine rings is 1. The van der Waals surface area contributed by atoms with Crippen LogP contribution in [-0.2, 0) is 0 Å². The van der Waals surface area contributed by atoms with Crippen molar-refractivity contribution >= 4 is 34.1 Å². The van der Waals surface area contributed by atoms with Crippen molar-refractivity contribution in [2.24, 2.45) is 5.41 Å². The first kappa shape index (κ1) is 12.2. The summed E-state index contributed by atoms with van der Waals surface area (Å²) in [4.78, 5) is 17.6. The first-order valence-electron chi connectivity index (χ1n) is 6.21. The molecule has 0 atom stereocenters. The highest BCUT2D eigenvalue weighted by molar-refractivity contribution is 6.69. The third kappa shape index (κ3) is 2.10. The molecule has 0 radical (unpaired) electrons. The minimum Gasteiger partial charge on any atom is -0.371 e. The molecule has 2 heterocycles. The second-order valence-electron chi connectivity index (χ2n) is 5.26. The monoisotopic (exact) mass is 284 g/mol. The van der Waals surface area contributed by atoms with E-state index in [4.69, 9.17) is 23.2 Å². The third-order valence-corrected chi connectivity index (χ3v) is 4.68. The number of hydrogen-bond donors (Lipinski definition) is 0. The minimum absolute atomic E-state index is 0.194. The number of nitrogens with zero attached hydrogens (tertiary/aromatic N) is 2. The van der Waals surface area contributed by atoms with Gasteiger partial charge in [-0.15, -0.1) is 0 Å². The van der Waals surface area contributed by atoms with Crippen LogP contribution in [0.4, 0.5) is 5.69 Å². The van der Waals surface area contributed by atoms with E-state index in [2.05, 4.69) is 9.88 Å². The molecule has 1 saturated heterocycles. The van der Waals surface area contributed by atoms with Gasteiger partial charge in [0, 0.05) is 19.3 Å². The van der Waals surface area contributed by atoms with Gasteiger partial charge in [0.05, 0.1) is 11.3 Å². The Kier molecular flexibility index (Phi) is 2.99. The van der Waals surface area contributed by atoms with Gasteiger partial charge in [0.15, 0.2) is 0 Å². The standard InChI is InChI=1S/C13H14Cl2N2O/c14-11-10(12(15)18)9(1-6-16-11)17-7-4-13(2-3-13)5-8-17/h1,6H,2-5,7-8H2. The van der Waals surface area contributed by atoms with Gasteiger partial charge in [-0.3, -0.25) is 4.79 Å². The van der Waals surface area contributed by atoms with Gasteiger partial charge < -0.3 is 4.90 Å². The van der Waals surface area contributed by atoms with Crippen LogP contribution < -0.4 is 4.90 Å². The summed E-state index contributed by atoms with van der Waals surface area (Å²) in [6.45, 7) is 1.94. The third-order valence-electron chi connectivity index (χ3n) is 4.20. The molecule has 18 heavy (non-hydrogen) atoms. The van der Waals surface area contributed by atoms with Crippen LogP contribution in [0.2, 0.25) is 5.15 Å². The molecule has 1 aromatic rings. The lowest BCUT2D eigenvalue weighted by Crippen LogP contribution is -2.35. The van der Waals surface area contributed by atoms with Gasteiger partial charge in [-0.2, -0.15) is 0 Å². The Morgan fingerprint density at radius 2 is 1.94 bits per heavy atom. The molecule has 5 heteroatoms. The van der Waals surface area contributed by atoms with E-state index in [1.165, 1.54) is 25.7 Å². The number of aromatic nitrogens is 1. The lowest BCUT2D eigenvalue weighted by molar-refractivity contribution is 0.108. The molecule has 1 saturated carbocycles. The van der Waals surface area contributed by atoms with Gasteiger partial charge in [0.25, 0.3) is 5.24 Å². The number of rotatable bonds is 2. The number of halogens is 2. The molecular weight excluding hydrogens is 271 g/mol. The Labute approximate surface area is 116 Å². The molecule has 0 N–H and O–H groups in total. The Balaban J connectivity index is 1.87. The number of hydrogen-bond acceptors (Lipinski definition) is 3. The van der Waals surface area contributed by atoms with Gasteiger partial charge in [-0.25, -0.2) is 4.98 Å². The van der Waals surface area contributed by atoms with E-state index in [9.17, 15) is 4.79 Å². The van der Waals surface area contributed by atoms with Crippen LogP contribution >= 0.6 is 23.2 Å². The van der Waals surface area contributed by atoms with Gasteiger partial charge in [0.2, 0.25) is 0 Å². The van der Waals surface area contributed by atoms with Crippen LogP contribution in [0.3, 0.4) is 0 Å². The van der Waals surface area contributed by atoms with E-state index in [0.29, 0.717) is 11.0 Å². The van der Waals surface area contributed by atoms with Crippen molar-refractivity contribution in [3.8, 4) is 0 Å². The highest BCUT2D eigenvalue weighted by Gasteiger charge is 2.44. The zero-order valence-electron chi connectivity index (χ0n) is 9.96. The molecule has 1 aromatic heterocycles. The SMILES string of the molecule is O=C(Cl)c1c(N2CCC3(CC2)CC3)ccnc1Cl. The number of carbonyl (C=O) groups excluding carboxylic acids is 1. The van der Waals surface area contributed by atoms with Crippen LogP contribution in [0.15, 0.2) is 12.3 Å². The highest BCUT2D eigenvalue weighted by Crippen LogP contribution is 2.54. The maximum absolute atomic E-state index is 11.5. The molecule has 1 aliphatic heterocycles. The molecule has 3 rings (SSSR count). The van der Waals surface area contributed by atoms with Crippen molar-refractivity contribution in [1.29, 1.82) is 0 Å². The van der Waals surface area contributed by atoms with Gasteiger partial charge in [-0.1, -0.05) is 11.6 Å². The van der Waals surface area contributed by atoms with Crippen LogP contribution in [-0.4, -0.2) is 23.3 Å². The number of pyridine rings is 1. The molecule has 0 unspecified atom stereocenters. The smallest absolute Gasteiger partial charge is 0.257 e. The topological polar surface area (TPSA) is 33.2 Å². The van der Waals surface area contributed by atoms with Crippen molar-refractivity contribution < 1.29 is 4.79 Å². The molecule has 2 aliphatic rings. The van der Waals surface area contributed by atoms with Gasteiger partial charge in [0.1, 0.15) is 5.15 Å². The summed E-state index contributed by atoms with van der Waals surface area (Å²) in [7, 11) is 0. The maximum atomic E-state index is 11.5. The predicted molar refractivity (Wildman–Crippen MR) is 72.5 cm³/mol. The van der Waals surface area contributed by atoms with Crippen molar-refractivity contribution in [1.82, 2.24) is 4.98 Å². The Hall–Kier alpha value is -0.800. The van der Waals surface area contributed by atoms with Crippen molar-refractivity contribution in [2.45, 2.75) is 25.7 Å². The first-order chi connectivity index (χ1) is 8.61. The Morgan fingerprint density at radius 1 is 1.28 bits per heavy atom. The molecule has 0 bridgehead atoms. The second-order valence-corrected chi connectivity index (χ2v) is 5.96. The molecule has 96 valence electrons. The average Bonchev–Trinajstić information content (AvgIpc) is 3.09. The lowest BCUT2D eigenvalue weighted by atomic mass is 9.93. The van der Waals surface area contributed by atoms with E-state index in [1.54, 1.807) is 6.20 Å². The fourth-order valence-corrected chi connectivity index (χ4v) is 3.24. The summed E-state index contributed by atoms with van der Waals surface area (Å²) >= 11 is 11.6. The Morgan fingerprint density at radius 3 is 2.50 bits per heavy atom. The Bertz CT molecular complexity index is 490. The van der Waals surface area contributed by atoms with E-state index in [0.717, 1.165) is 18.8 Å². The number of carbonyl (C=O) groups is 1. The van der Waals surface area contributed by atoms with Crippen LogP contribution in [0.1, 0.15) is 36.0 Å². The normalized spacial score (nSPS) is 21.1. The average molecular weight is 285 g/mol. The minimum atomic E-state index is -0.533. The van der Waals surface area contributed by atoms with E-state index in [1.807, 2.05) is 6.07 Å². The lowest BCUT2D eigenvalue weighted by Gasteiger charge is -2.34. The zero-order chi connectivity index (χ0) is 12.8. The molecule has 1 aliphatic carbocycles. The van der Waals surface area contributed by atoms with Crippen molar-refractivity contribution in [2.75, 3.05) is 18.0 Å². The zero-order valence-corrected chi connectivity index (χ0v) is 11.5. The summed E-state index contributed by atoms with van der Waals surface area (Å²) in [6.07, 6.45) is 6.74. The largest absolute Gasteiger partial charge is 0.371 e. The van der Waals surface area contributed by atoms with Crippen LogP contribution in [0.5, 0.6) is 0 Å². The molecule has 2 fully saturated rings. The summed E-state index contributed by atoms with van der Waals surface area (Å²) in [5.41, 5.74) is 1.77. The fraction of sp³-hybridized carbons (Fsp3) is 0.538. The van der Waals surface area contributed by atoms with E-state index in [-0.39, 0.29) is 5.15 Å². The number of anilines is 1. The van der Waals surface area contributed by atoms with E-state index >= 15 is 0 Å². The highest BCUT2D eigenvalue weighted by atomic mass is 35.5. The predicted octanol–water partition coefficient (Wildman–Crippen LogP) is 3.49. The van der Waals surface area contributed by atoms with Crippen molar-refractivity contribution in [3.63, 3.8) is 0 Å². The van der Waals surface area contributed by atoms with Crippen LogP contribution in [0, 0.1) is 5.41 Å². The second kappa shape index (κ2) is 4.39. The molecule has 3 nitrogen and oxygen atoms in total. The quantitative estimate of drug-likeness (QED) is 0.616. The molecule has 0 aromatic carbocycles. The first-order valence-corrected chi connectivity index (χ1v) is 6.96. The van der Waals surface area contributed by atoms with Gasteiger partial charge in [-0.05, 0) is 48.8 Å². The molecule has 0 amide bonds. The summed E-state index contributed by atoms with van der Waals surface area (Å²) in [6, 6.07) is 1.83. The summed E-state index contributed by atoms with van der Waals surface area (Å²) in [5, 5.41) is -0.339. The van der Waals surface area contributed by atoms with Crippen LogP contribution in [0.25, 0.3) is 0 Å². The van der Waals surface area contributed by atoms with Gasteiger partial charge >= 0.3 is 0 Å².